The zero-order valence-corrected chi connectivity index (χ0v) is 20.4. The van der Waals surface area contributed by atoms with Crippen molar-refractivity contribution in [1.82, 2.24) is 24.6 Å². The van der Waals surface area contributed by atoms with E-state index in [0.29, 0.717) is 48.6 Å². The third-order valence-electron chi connectivity index (χ3n) is 7.31. The van der Waals surface area contributed by atoms with Crippen LogP contribution in [0.1, 0.15) is 58.4 Å². The molecule has 2 saturated heterocycles. The summed E-state index contributed by atoms with van der Waals surface area (Å²) in [6.07, 6.45) is 12.9. The van der Waals surface area contributed by atoms with Gasteiger partial charge in [-0.15, -0.1) is 5.10 Å². The van der Waals surface area contributed by atoms with Crippen molar-refractivity contribution in [2.75, 3.05) is 38.2 Å². The molecular formula is C25H38N6O3. The van der Waals surface area contributed by atoms with E-state index in [1.807, 2.05) is 6.07 Å². The number of aromatic nitrogens is 4. The highest BCUT2D eigenvalue weighted by atomic mass is 16.5. The highest BCUT2D eigenvalue weighted by Gasteiger charge is 2.32. The maximum Gasteiger partial charge on any atom is 0.256 e. The zero-order chi connectivity index (χ0) is 23.3. The van der Waals surface area contributed by atoms with Crippen molar-refractivity contribution in [2.24, 2.45) is 5.92 Å². The van der Waals surface area contributed by atoms with Crippen molar-refractivity contribution in [1.29, 1.82) is 0 Å². The molecule has 0 aromatic carbocycles. The highest BCUT2D eigenvalue weighted by Crippen LogP contribution is 2.35. The number of morpholine rings is 1. The van der Waals surface area contributed by atoms with Crippen molar-refractivity contribution >= 4 is 11.6 Å². The molecule has 34 heavy (non-hydrogen) atoms. The van der Waals surface area contributed by atoms with Gasteiger partial charge in [-0.2, -0.15) is 0 Å². The summed E-state index contributed by atoms with van der Waals surface area (Å²) in [5.74, 6) is 1.70. The van der Waals surface area contributed by atoms with Crippen LogP contribution in [-0.4, -0.2) is 75.8 Å². The second kappa shape index (κ2) is 11.0. The van der Waals surface area contributed by atoms with Crippen molar-refractivity contribution < 1.29 is 14.2 Å². The van der Waals surface area contributed by atoms with Crippen LogP contribution in [0.25, 0.3) is 0 Å². The molecule has 3 fully saturated rings. The standard InChI is InChI=1S/C25H38N6O3/c1-18-14-30(15-19(2)34-18)21-4-6-22(7-5-21)31-16-23(28-25-26-10-3-11-27-25)24(29-31)33-17-20-8-12-32-13-9-20/h3,10-11,16,18-22H,4-9,12-15,17H2,1-2H3,(H,26,27,28)/t18-,19+,21?,22?. The molecule has 4 heterocycles. The van der Waals surface area contributed by atoms with Crippen molar-refractivity contribution in [3.8, 4) is 5.88 Å². The van der Waals surface area contributed by atoms with E-state index < -0.39 is 0 Å². The number of ether oxygens (including phenoxy) is 3. The fraction of sp³-hybridized carbons (Fsp3) is 0.720. The molecule has 2 aromatic heterocycles. The number of nitrogens with one attached hydrogen (secondary N) is 1. The van der Waals surface area contributed by atoms with Gasteiger partial charge in [0.05, 0.1) is 31.1 Å². The highest BCUT2D eigenvalue weighted by molar-refractivity contribution is 5.58. The Morgan fingerprint density at radius 1 is 0.971 bits per heavy atom. The van der Waals surface area contributed by atoms with Gasteiger partial charge in [0.25, 0.3) is 5.88 Å². The molecule has 9 heteroatoms. The Labute approximate surface area is 202 Å². The van der Waals surface area contributed by atoms with Crippen LogP contribution in [0.15, 0.2) is 24.7 Å². The van der Waals surface area contributed by atoms with E-state index in [9.17, 15) is 0 Å². The van der Waals surface area contributed by atoms with Crippen LogP contribution < -0.4 is 10.1 Å². The molecule has 1 N–H and O–H groups in total. The lowest BCUT2D eigenvalue weighted by Crippen LogP contribution is -2.51. The Kier molecular flexibility index (Phi) is 7.61. The van der Waals surface area contributed by atoms with Crippen LogP contribution in [0.5, 0.6) is 5.88 Å². The van der Waals surface area contributed by atoms with Gasteiger partial charge in [0.15, 0.2) is 0 Å². The number of hydrogen-bond acceptors (Lipinski definition) is 8. The number of rotatable bonds is 7. The minimum absolute atomic E-state index is 0.317. The first kappa shape index (κ1) is 23.5. The monoisotopic (exact) mass is 470 g/mol. The van der Waals surface area contributed by atoms with Gasteiger partial charge in [-0.05, 0) is 64.4 Å². The minimum Gasteiger partial charge on any atom is -0.475 e. The lowest BCUT2D eigenvalue weighted by atomic mass is 9.89. The molecule has 0 bridgehead atoms. The van der Waals surface area contributed by atoms with Crippen molar-refractivity contribution in [2.45, 2.75) is 76.7 Å². The van der Waals surface area contributed by atoms with Gasteiger partial charge < -0.3 is 19.5 Å². The number of hydrogen-bond donors (Lipinski definition) is 1. The third kappa shape index (κ3) is 5.87. The quantitative estimate of drug-likeness (QED) is 0.654. The molecule has 5 rings (SSSR count). The lowest BCUT2D eigenvalue weighted by molar-refractivity contribution is -0.0852. The first-order chi connectivity index (χ1) is 16.6. The van der Waals surface area contributed by atoms with Crippen LogP contribution in [0, 0.1) is 5.92 Å². The van der Waals surface area contributed by atoms with Crippen LogP contribution in [0.3, 0.4) is 0 Å². The molecule has 0 unspecified atom stereocenters. The summed E-state index contributed by atoms with van der Waals surface area (Å²) in [7, 11) is 0. The topological polar surface area (TPSA) is 86.6 Å². The maximum atomic E-state index is 6.23. The Morgan fingerprint density at radius 3 is 2.35 bits per heavy atom. The average molecular weight is 471 g/mol. The SMILES string of the molecule is C[C@@H]1CN(C2CCC(n3cc(Nc4ncccn4)c(OCC4CCOCC4)n3)CC2)C[C@H](C)O1. The largest absolute Gasteiger partial charge is 0.475 e. The van der Waals surface area contributed by atoms with Gasteiger partial charge in [0.1, 0.15) is 5.69 Å². The van der Waals surface area contributed by atoms with Crippen LogP contribution in [0.4, 0.5) is 11.6 Å². The number of nitrogens with zero attached hydrogens (tertiary/aromatic N) is 5. The van der Waals surface area contributed by atoms with Gasteiger partial charge in [0, 0.05) is 44.7 Å². The molecule has 0 radical (unpaired) electrons. The molecular weight excluding hydrogens is 432 g/mol. The second-order valence-corrected chi connectivity index (χ2v) is 10.1. The summed E-state index contributed by atoms with van der Waals surface area (Å²) < 4.78 is 19.8. The van der Waals surface area contributed by atoms with Crippen molar-refractivity contribution in [3.63, 3.8) is 0 Å². The predicted molar refractivity (Wildman–Crippen MR) is 129 cm³/mol. The van der Waals surface area contributed by atoms with Gasteiger partial charge in [-0.3, -0.25) is 9.58 Å². The van der Waals surface area contributed by atoms with Crippen LogP contribution in [-0.2, 0) is 9.47 Å². The van der Waals surface area contributed by atoms with Crippen LogP contribution in [0.2, 0.25) is 0 Å². The Morgan fingerprint density at radius 2 is 1.65 bits per heavy atom. The van der Waals surface area contributed by atoms with Gasteiger partial charge in [-0.1, -0.05) is 0 Å². The average Bonchev–Trinajstić information content (AvgIpc) is 3.26. The normalized spacial score (nSPS) is 29.1. The maximum absolute atomic E-state index is 6.23. The van der Waals surface area contributed by atoms with E-state index >= 15 is 0 Å². The first-order valence-corrected chi connectivity index (χ1v) is 12.9. The summed E-state index contributed by atoms with van der Waals surface area (Å²) in [5, 5.41) is 8.20. The summed E-state index contributed by atoms with van der Waals surface area (Å²) in [4.78, 5) is 11.3. The van der Waals surface area contributed by atoms with Gasteiger partial charge in [0.2, 0.25) is 5.95 Å². The molecule has 186 valence electrons. The minimum atomic E-state index is 0.317. The zero-order valence-electron chi connectivity index (χ0n) is 20.4. The molecule has 1 saturated carbocycles. The van der Waals surface area contributed by atoms with Gasteiger partial charge >= 0.3 is 0 Å². The smallest absolute Gasteiger partial charge is 0.256 e. The van der Waals surface area contributed by atoms with E-state index in [2.05, 4.69) is 44.9 Å². The summed E-state index contributed by atoms with van der Waals surface area (Å²) >= 11 is 0. The molecule has 2 aliphatic heterocycles. The fourth-order valence-electron chi connectivity index (χ4n) is 5.55. The van der Waals surface area contributed by atoms with E-state index in [-0.39, 0.29) is 0 Å². The Hall–Kier alpha value is -2.23. The predicted octanol–water partition coefficient (Wildman–Crippen LogP) is 3.82. The lowest BCUT2D eigenvalue weighted by Gasteiger charge is -2.42. The number of anilines is 2. The molecule has 3 aliphatic rings. The first-order valence-electron chi connectivity index (χ1n) is 12.9. The molecule has 0 amide bonds. The van der Waals surface area contributed by atoms with E-state index in [4.69, 9.17) is 19.3 Å². The fourth-order valence-corrected chi connectivity index (χ4v) is 5.55. The Balaban J connectivity index is 1.24. The molecule has 1 aliphatic carbocycles. The summed E-state index contributed by atoms with van der Waals surface area (Å²) in [6, 6.07) is 2.83. The summed E-state index contributed by atoms with van der Waals surface area (Å²) in [5.41, 5.74) is 0.830. The van der Waals surface area contributed by atoms with Crippen molar-refractivity contribution in [3.05, 3.63) is 24.7 Å². The Bertz CT molecular complexity index is 885. The molecule has 2 atom stereocenters. The van der Waals surface area contributed by atoms with Gasteiger partial charge in [-0.25, -0.2) is 9.97 Å². The third-order valence-corrected chi connectivity index (χ3v) is 7.31. The van der Waals surface area contributed by atoms with Crippen LogP contribution >= 0.6 is 0 Å². The van der Waals surface area contributed by atoms with E-state index in [1.54, 1.807) is 12.4 Å². The second-order valence-electron chi connectivity index (χ2n) is 10.1. The molecule has 9 nitrogen and oxygen atoms in total. The van der Waals surface area contributed by atoms with E-state index in [0.717, 1.165) is 57.7 Å². The molecule has 0 spiro atoms. The van der Waals surface area contributed by atoms with E-state index in [1.165, 1.54) is 12.8 Å². The molecule has 2 aromatic rings. The summed E-state index contributed by atoms with van der Waals surface area (Å²) in [6.45, 7) is 8.74.